The van der Waals surface area contributed by atoms with Gasteiger partial charge in [0.25, 0.3) is 0 Å². The Labute approximate surface area is 102 Å². The van der Waals surface area contributed by atoms with Crippen LogP contribution >= 0.6 is 23.2 Å². The fourth-order valence-electron chi connectivity index (χ4n) is 0.973. The van der Waals surface area contributed by atoms with E-state index < -0.39 is 6.61 Å². The fraction of sp³-hybridized carbons (Fsp3) is 0.0909. The summed E-state index contributed by atoms with van der Waals surface area (Å²) in [7, 11) is 0. The van der Waals surface area contributed by atoms with Crippen LogP contribution in [-0.2, 0) is 4.74 Å². The topological polar surface area (TPSA) is 9.23 Å². The zero-order valence-electron chi connectivity index (χ0n) is 8.09. The van der Waals surface area contributed by atoms with Crippen LogP contribution in [0.2, 0.25) is 10.0 Å². The van der Waals surface area contributed by atoms with Crippen LogP contribution in [-0.4, -0.2) is 6.61 Å². The van der Waals surface area contributed by atoms with Crippen LogP contribution in [0.4, 0.5) is 8.78 Å². The number of hydrogen-bond acceptors (Lipinski definition) is 1. The summed E-state index contributed by atoms with van der Waals surface area (Å²) in [6.07, 6.45) is 2.82. The van der Waals surface area contributed by atoms with Gasteiger partial charge in [-0.1, -0.05) is 35.8 Å². The lowest BCUT2D eigenvalue weighted by molar-refractivity contribution is -0.0914. The number of hydrogen-bond donors (Lipinski definition) is 0. The highest BCUT2D eigenvalue weighted by atomic mass is 35.5. The van der Waals surface area contributed by atoms with E-state index in [1.54, 1.807) is 18.2 Å². The van der Waals surface area contributed by atoms with Crippen LogP contribution in [0.15, 0.2) is 36.6 Å². The number of rotatable bonds is 4. The van der Waals surface area contributed by atoms with E-state index in [9.17, 15) is 8.78 Å². The lowest BCUT2D eigenvalue weighted by atomic mass is 10.2. The van der Waals surface area contributed by atoms with Crippen molar-refractivity contribution in [3.8, 4) is 0 Å². The van der Waals surface area contributed by atoms with E-state index in [0.717, 1.165) is 0 Å². The maximum absolute atomic E-state index is 11.8. The van der Waals surface area contributed by atoms with Crippen LogP contribution < -0.4 is 0 Å². The van der Waals surface area contributed by atoms with E-state index >= 15 is 0 Å². The highest BCUT2D eigenvalue weighted by Gasteiger charge is 2.02. The first-order chi connectivity index (χ1) is 7.49. The minimum absolute atomic E-state index is 0.138. The van der Waals surface area contributed by atoms with Crippen LogP contribution in [0.25, 0.3) is 6.08 Å². The number of halogens is 4. The molecule has 0 amide bonds. The van der Waals surface area contributed by atoms with Gasteiger partial charge in [-0.15, -0.1) is 0 Å². The number of ether oxygens (including phenoxy) is 1. The predicted molar refractivity (Wildman–Crippen MR) is 61.7 cm³/mol. The molecule has 0 saturated heterocycles. The molecule has 0 aliphatic rings. The van der Waals surface area contributed by atoms with Gasteiger partial charge in [0.1, 0.15) is 5.76 Å². The summed E-state index contributed by atoms with van der Waals surface area (Å²) in [5.74, 6) is -0.138. The largest absolute Gasteiger partial charge is 0.435 e. The summed E-state index contributed by atoms with van der Waals surface area (Å²) in [6.45, 7) is 0.422. The lowest BCUT2D eigenvalue weighted by Crippen LogP contribution is -1.95. The molecule has 0 heterocycles. The van der Waals surface area contributed by atoms with Crippen LogP contribution in [0.1, 0.15) is 5.56 Å². The van der Waals surface area contributed by atoms with Crippen molar-refractivity contribution < 1.29 is 13.5 Å². The van der Waals surface area contributed by atoms with E-state index in [2.05, 4.69) is 11.3 Å². The zero-order chi connectivity index (χ0) is 12.1. The molecule has 5 heteroatoms. The summed E-state index contributed by atoms with van der Waals surface area (Å²) in [5, 5.41) is 0.929. The van der Waals surface area contributed by atoms with Crippen molar-refractivity contribution in [2.75, 3.05) is 0 Å². The SMILES string of the molecule is C=C(/C=C/c1ccc(Cl)cc1Cl)OC(F)F. The Morgan fingerprint density at radius 3 is 2.62 bits per heavy atom. The number of alkyl halides is 2. The Hall–Kier alpha value is -1.06. The second-order valence-electron chi connectivity index (χ2n) is 2.84. The molecule has 16 heavy (non-hydrogen) atoms. The van der Waals surface area contributed by atoms with Gasteiger partial charge in [-0.25, -0.2) is 0 Å². The third-order valence-electron chi connectivity index (χ3n) is 1.65. The highest BCUT2D eigenvalue weighted by molar-refractivity contribution is 6.35. The summed E-state index contributed by atoms with van der Waals surface area (Å²) < 4.78 is 27.6. The monoisotopic (exact) mass is 264 g/mol. The second-order valence-corrected chi connectivity index (χ2v) is 3.69. The molecule has 0 unspecified atom stereocenters. The van der Waals surface area contributed by atoms with Gasteiger partial charge in [0.15, 0.2) is 0 Å². The molecule has 0 N–H and O–H groups in total. The lowest BCUT2D eigenvalue weighted by Gasteiger charge is -2.03. The summed E-state index contributed by atoms with van der Waals surface area (Å²) in [6, 6.07) is 4.86. The molecule has 0 aliphatic heterocycles. The van der Waals surface area contributed by atoms with Gasteiger partial charge in [-0.2, -0.15) is 8.78 Å². The molecule has 0 radical (unpaired) electrons. The highest BCUT2D eigenvalue weighted by Crippen LogP contribution is 2.22. The van der Waals surface area contributed by atoms with Gasteiger partial charge in [0.2, 0.25) is 0 Å². The predicted octanol–water partition coefficient (Wildman–Crippen LogP) is 4.76. The molecule has 0 spiro atoms. The van der Waals surface area contributed by atoms with Crippen LogP contribution in [0.5, 0.6) is 0 Å². The van der Waals surface area contributed by atoms with Crippen molar-refractivity contribution in [2.24, 2.45) is 0 Å². The number of allylic oxidation sites excluding steroid dienone is 1. The Morgan fingerprint density at radius 2 is 2.06 bits per heavy atom. The van der Waals surface area contributed by atoms with E-state index in [4.69, 9.17) is 23.2 Å². The molecule has 0 aromatic heterocycles. The third kappa shape index (κ3) is 4.21. The van der Waals surface area contributed by atoms with Crippen molar-refractivity contribution >= 4 is 29.3 Å². The first kappa shape index (κ1) is 13.0. The van der Waals surface area contributed by atoms with Gasteiger partial charge >= 0.3 is 6.61 Å². The Kier molecular flexibility index (Phi) is 4.77. The first-order valence-electron chi connectivity index (χ1n) is 4.26. The van der Waals surface area contributed by atoms with E-state index in [1.807, 2.05) is 0 Å². The molecule has 0 bridgehead atoms. The summed E-state index contributed by atoms with van der Waals surface area (Å²) in [4.78, 5) is 0. The molecule has 1 aromatic rings. The smallest absolute Gasteiger partial charge is 0.387 e. The molecule has 1 aromatic carbocycles. The molecular formula is C11H8Cl2F2O. The Morgan fingerprint density at radius 1 is 1.38 bits per heavy atom. The summed E-state index contributed by atoms with van der Waals surface area (Å²) in [5.41, 5.74) is 0.644. The normalized spacial score (nSPS) is 11.1. The minimum atomic E-state index is -2.88. The molecular weight excluding hydrogens is 257 g/mol. The van der Waals surface area contributed by atoms with Gasteiger partial charge in [-0.05, 0) is 29.8 Å². The van der Waals surface area contributed by atoms with Crippen molar-refractivity contribution in [1.29, 1.82) is 0 Å². The minimum Gasteiger partial charge on any atom is -0.435 e. The quantitative estimate of drug-likeness (QED) is 0.563. The van der Waals surface area contributed by atoms with Crippen molar-refractivity contribution in [2.45, 2.75) is 6.61 Å². The molecule has 1 rings (SSSR count). The maximum atomic E-state index is 11.8. The van der Waals surface area contributed by atoms with Crippen molar-refractivity contribution in [3.05, 3.63) is 52.2 Å². The number of benzene rings is 1. The zero-order valence-corrected chi connectivity index (χ0v) is 9.60. The average Bonchev–Trinajstić information content (AvgIpc) is 2.15. The molecule has 0 fully saturated rings. The van der Waals surface area contributed by atoms with Crippen LogP contribution in [0.3, 0.4) is 0 Å². The molecule has 0 aliphatic carbocycles. The molecule has 1 nitrogen and oxygen atoms in total. The third-order valence-corrected chi connectivity index (χ3v) is 2.21. The standard InChI is InChI=1S/C11H8Cl2F2O/c1-7(16-11(14)15)2-3-8-4-5-9(12)6-10(8)13/h2-6,11H,1H2/b3-2+. The van der Waals surface area contributed by atoms with Gasteiger partial charge in [0.05, 0.1) is 0 Å². The second kappa shape index (κ2) is 5.87. The molecule has 0 atom stereocenters. The van der Waals surface area contributed by atoms with E-state index in [1.165, 1.54) is 12.2 Å². The van der Waals surface area contributed by atoms with Crippen molar-refractivity contribution in [3.63, 3.8) is 0 Å². The average molecular weight is 265 g/mol. The van der Waals surface area contributed by atoms with Gasteiger partial charge in [-0.3, -0.25) is 0 Å². The van der Waals surface area contributed by atoms with E-state index in [-0.39, 0.29) is 5.76 Å². The van der Waals surface area contributed by atoms with E-state index in [0.29, 0.717) is 15.6 Å². The first-order valence-corrected chi connectivity index (χ1v) is 5.01. The van der Waals surface area contributed by atoms with Gasteiger partial charge < -0.3 is 4.74 Å². The summed E-state index contributed by atoms with van der Waals surface area (Å²) >= 11 is 11.6. The Bertz CT molecular complexity index is 416. The molecule has 0 saturated carbocycles. The van der Waals surface area contributed by atoms with Crippen molar-refractivity contribution in [1.82, 2.24) is 0 Å². The van der Waals surface area contributed by atoms with Gasteiger partial charge in [0, 0.05) is 10.0 Å². The van der Waals surface area contributed by atoms with Crippen LogP contribution in [0, 0.1) is 0 Å². The molecule has 86 valence electrons. The fourth-order valence-corrected chi connectivity index (χ4v) is 1.44. The maximum Gasteiger partial charge on any atom is 0.387 e. The Balaban J connectivity index is 2.73.